The van der Waals surface area contributed by atoms with E-state index in [2.05, 4.69) is 5.32 Å². The van der Waals surface area contributed by atoms with Gasteiger partial charge in [0.2, 0.25) is 0 Å². The summed E-state index contributed by atoms with van der Waals surface area (Å²) in [5, 5.41) is 11.8. The SMILES string of the molecule is O=C(NCC(O)c1ccccc1)c1cc(F)c(Cl)cc1F. The van der Waals surface area contributed by atoms with Crippen LogP contribution < -0.4 is 5.32 Å². The Morgan fingerprint density at radius 3 is 2.52 bits per heavy atom. The molecule has 6 heteroatoms. The molecule has 0 aliphatic carbocycles. The highest BCUT2D eigenvalue weighted by molar-refractivity contribution is 6.30. The van der Waals surface area contributed by atoms with Crippen molar-refractivity contribution in [1.29, 1.82) is 0 Å². The first-order chi connectivity index (χ1) is 9.99. The Kier molecular flexibility index (Phi) is 4.88. The summed E-state index contributed by atoms with van der Waals surface area (Å²) < 4.78 is 26.8. The van der Waals surface area contributed by atoms with Crippen molar-refractivity contribution in [2.24, 2.45) is 0 Å². The van der Waals surface area contributed by atoms with E-state index in [0.29, 0.717) is 5.56 Å². The maximum atomic E-state index is 13.6. The molecule has 0 fully saturated rings. The molecule has 2 aromatic rings. The van der Waals surface area contributed by atoms with E-state index in [0.717, 1.165) is 12.1 Å². The summed E-state index contributed by atoms with van der Waals surface area (Å²) in [7, 11) is 0. The minimum Gasteiger partial charge on any atom is -0.387 e. The zero-order chi connectivity index (χ0) is 15.4. The van der Waals surface area contributed by atoms with Gasteiger partial charge < -0.3 is 10.4 Å². The number of aliphatic hydroxyl groups is 1. The van der Waals surface area contributed by atoms with Gasteiger partial charge in [-0.05, 0) is 17.7 Å². The van der Waals surface area contributed by atoms with Crippen molar-refractivity contribution in [3.63, 3.8) is 0 Å². The van der Waals surface area contributed by atoms with Gasteiger partial charge in [0, 0.05) is 6.54 Å². The average molecular weight is 312 g/mol. The number of aliphatic hydroxyl groups excluding tert-OH is 1. The number of hydrogen-bond acceptors (Lipinski definition) is 2. The Hall–Kier alpha value is -1.98. The Morgan fingerprint density at radius 1 is 1.19 bits per heavy atom. The average Bonchev–Trinajstić information content (AvgIpc) is 2.49. The van der Waals surface area contributed by atoms with Crippen LogP contribution in [0.5, 0.6) is 0 Å². The van der Waals surface area contributed by atoms with E-state index in [9.17, 15) is 18.7 Å². The van der Waals surface area contributed by atoms with Crippen LogP contribution >= 0.6 is 11.6 Å². The highest BCUT2D eigenvalue weighted by Gasteiger charge is 2.16. The third-order valence-electron chi connectivity index (χ3n) is 2.89. The zero-order valence-electron chi connectivity index (χ0n) is 10.8. The molecule has 3 nitrogen and oxygen atoms in total. The molecule has 1 unspecified atom stereocenters. The standard InChI is InChI=1S/C15H12ClF2NO2/c16-11-7-12(17)10(6-13(11)18)15(21)19-8-14(20)9-4-2-1-3-5-9/h1-7,14,20H,8H2,(H,19,21). The maximum Gasteiger partial charge on any atom is 0.254 e. The quantitative estimate of drug-likeness (QED) is 0.853. The molecule has 0 aromatic heterocycles. The molecule has 0 aliphatic heterocycles. The number of benzene rings is 2. The summed E-state index contributed by atoms with van der Waals surface area (Å²) in [5.74, 6) is -2.63. The van der Waals surface area contributed by atoms with E-state index in [1.54, 1.807) is 30.3 Å². The van der Waals surface area contributed by atoms with Crippen LogP contribution in [0.15, 0.2) is 42.5 Å². The first-order valence-corrected chi connectivity index (χ1v) is 6.52. The molecule has 2 N–H and O–H groups in total. The van der Waals surface area contributed by atoms with Gasteiger partial charge in [0.05, 0.1) is 16.7 Å². The lowest BCUT2D eigenvalue weighted by molar-refractivity contribution is 0.0912. The van der Waals surface area contributed by atoms with Crippen LogP contribution in [0.25, 0.3) is 0 Å². The molecular formula is C15H12ClF2NO2. The topological polar surface area (TPSA) is 49.3 Å². The van der Waals surface area contributed by atoms with Gasteiger partial charge in [-0.2, -0.15) is 0 Å². The fourth-order valence-electron chi connectivity index (χ4n) is 1.77. The predicted molar refractivity (Wildman–Crippen MR) is 75.1 cm³/mol. The lowest BCUT2D eigenvalue weighted by Crippen LogP contribution is -2.29. The molecule has 0 saturated heterocycles. The minimum absolute atomic E-state index is 0.119. The number of carbonyl (C=O) groups is 1. The first-order valence-electron chi connectivity index (χ1n) is 6.15. The molecule has 0 heterocycles. The van der Waals surface area contributed by atoms with Crippen LogP contribution in [0.2, 0.25) is 5.02 Å². The number of halogens is 3. The summed E-state index contributed by atoms with van der Waals surface area (Å²) in [6.07, 6.45) is -0.935. The van der Waals surface area contributed by atoms with Gasteiger partial charge in [0.1, 0.15) is 11.6 Å². The summed E-state index contributed by atoms with van der Waals surface area (Å²) >= 11 is 5.41. The van der Waals surface area contributed by atoms with Gasteiger partial charge in [-0.25, -0.2) is 8.78 Å². The summed E-state index contributed by atoms with van der Waals surface area (Å²) in [5.41, 5.74) is 0.151. The van der Waals surface area contributed by atoms with Gasteiger partial charge in [-0.3, -0.25) is 4.79 Å². The van der Waals surface area contributed by atoms with Crippen LogP contribution in [-0.2, 0) is 0 Å². The predicted octanol–water partition coefficient (Wildman–Crippen LogP) is 3.08. The van der Waals surface area contributed by atoms with Gasteiger partial charge in [0.15, 0.2) is 0 Å². The Morgan fingerprint density at radius 2 is 1.86 bits per heavy atom. The molecular weight excluding hydrogens is 300 g/mol. The number of rotatable bonds is 4. The van der Waals surface area contributed by atoms with Crippen LogP contribution in [-0.4, -0.2) is 17.6 Å². The minimum atomic E-state index is -0.935. The van der Waals surface area contributed by atoms with E-state index in [1.165, 1.54) is 0 Å². The van der Waals surface area contributed by atoms with E-state index in [1.807, 2.05) is 0 Å². The number of hydrogen-bond donors (Lipinski definition) is 2. The molecule has 21 heavy (non-hydrogen) atoms. The lowest BCUT2D eigenvalue weighted by atomic mass is 10.1. The second kappa shape index (κ2) is 6.65. The Labute approximate surface area is 125 Å². The van der Waals surface area contributed by atoms with Gasteiger partial charge >= 0.3 is 0 Å². The van der Waals surface area contributed by atoms with E-state index < -0.39 is 34.2 Å². The van der Waals surface area contributed by atoms with Crippen LogP contribution in [0.4, 0.5) is 8.78 Å². The highest BCUT2D eigenvalue weighted by atomic mass is 35.5. The van der Waals surface area contributed by atoms with Crippen molar-refractivity contribution in [3.8, 4) is 0 Å². The van der Waals surface area contributed by atoms with E-state index in [4.69, 9.17) is 11.6 Å². The molecule has 0 spiro atoms. The van der Waals surface area contributed by atoms with E-state index in [-0.39, 0.29) is 6.54 Å². The zero-order valence-corrected chi connectivity index (χ0v) is 11.6. The molecule has 2 aromatic carbocycles. The molecule has 1 atom stereocenters. The van der Waals surface area contributed by atoms with Gasteiger partial charge in [-0.1, -0.05) is 41.9 Å². The molecule has 2 rings (SSSR count). The van der Waals surface area contributed by atoms with Crippen molar-refractivity contribution in [2.75, 3.05) is 6.54 Å². The van der Waals surface area contributed by atoms with Crippen molar-refractivity contribution in [1.82, 2.24) is 5.32 Å². The maximum absolute atomic E-state index is 13.6. The highest BCUT2D eigenvalue weighted by Crippen LogP contribution is 2.19. The Balaban J connectivity index is 2.04. The van der Waals surface area contributed by atoms with Crippen LogP contribution in [0.3, 0.4) is 0 Å². The lowest BCUT2D eigenvalue weighted by Gasteiger charge is -2.12. The van der Waals surface area contributed by atoms with Crippen molar-refractivity contribution < 1.29 is 18.7 Å². The fourth-order valence-corrected chi connectivity index (χ4v) is 1.92. The smallest absolute Gasteiger partial charge is 0.254 e. The monoisotopic (exact) mass is 311 g/mol. The number of carbonyl (C=O) groups excluding carboxylic acids is 1. The number of nitrogens with one attached hydrogen (secondary N) is 1. The number of amides is 1. The molecule has 0 saturated carbocycles. The van der Waals surface area contributed by atoms with Crippen molar-refractivity contribution >= 4 is 17.5 Å². The van der Waals surface area contributed by atoms with Crippen LogP contribution in [0, 0.1) is 11.6 Å². The summed E-state index contributed by atoms with van der Waals surface area (Å²) in [6.45, 7) is -0.119. The molecule has 0 bridgehead atoms. The first kappa shape index (κ1) is 15.4. The molecule has 0 radical (unpaired) electrons. The Bertz CT molecular complexity index is 650. The largest absolute Gasteiger partial charge is 0.387 e. The molecule has 1 amide bonds. The molecule has 0 aliphatic rings. The van der Waals surface area contributed by atoms with Gasteiger partial charge in [0.25, 0.3) is 5.91 Å². The van der Waals surface area contributed by atoms with Crippen molar-refractivity contribution in [3.05, 3.63) is 70.2 Å². The second-order valence-corrected chi connectivity index (χ2v) is 4.79. The fraction of sp³-hybridized carbons (Fsp3) is 0.133. The molecule has 110 valence electrons. The van der Waals surface area contributed by atoms with Gasteiger partial charge in [-0.15, -0.1) is 0 Å². The van der Waals surface area contributed by atoms with Crippen LogP contribution in [0.1, 0.15) is 22.0 Å². The summed E-state index contributed by atoms with van der Waals surface area (Å²) in [4.78, 5) is 11.8. The third kappa shape index (κ3) is 3.77. The van der Waals surface area contributed by atoms with E-state index >= 15 is 0 Å². The van der Waals surface area contributed by atoms with Crippen molar-refractivity contribution in [2.45, 2.75) is 6.10 Å². The normalized spacial score (nSPS) is 12.0. The second-order valence-electron chi connectivity index (χ2n) is 4.38. The third-order valence-corrected chi connectivity index (χ3v) is 3.18. The summed E-state index contributed by atoms with van der Waals surface area (Å²) in [6, 6.07) is 10.1.